The molecule has 132 valence electrons. The smallest absolute Gasteiger partial charge is 0.246 e. The first-order chi connectivity index (χ1) is 12.7. The van der Waals surface area contributed by atoms with Crippen molar-refractivity contribution in [3.05, 3.63) is 70.1 Å². The fourth-order valence-electron chi connectivity index (χ4n) is 3.16. The number of fused-ring (bicyclic) bond motifs is 1. The molecule has 0 N–H and O–H groups in total. The Bertz CT molecular complexity index is 923. The Morgan fingerprint density at radius 3 is 2.81 bits per heavy atom. The van der Waals surface area contributed by atoms with Crippen LogP contribution in [0.1, 0.15) is 22.6 Å². The van der Waals surface area contributed by atoms with Gasteiger partial charge in [-0.2, -0.15) is 5.10 Å². The lowest BCUT2D eigenvalue weighted by Crippen LogP contribution is -2.29. The van der Waals surface area contributed by atoms with Crippen LogP contribution in [0.4, 0.5) is 0 Å². The predicted molar refractivity (Wildman–Crippen MR) is 106 cm³/mol. The minimum absolute atomic E-state index is 0.0601. The van der Waals surface area contributed by atoms with Crippen LogP contribution < -0.4 is 0 Å². The highest BCUT2D eigenvalue weighted by molar-refractivity contribution is 7.10. The summed E-state index contributed by atoms with van der Waals surface area (Å²) in [6, 6.07) is 14.5. The van der Waals surface area contributed by atoms with Crippen molar-refractivity contribution < 1.29 is 4.79 Å². The SMILES string of the molecule is Cc1ccc(-c2cc3n(n2)CCCN(C(=O)C=Cc2cccs2)C3)cc1. The fraction of sp³-hybridized carbons (Fsp3) is 0.238. The van der Waals surface area contributed by atoms with Crippen molar-refractivity contribution in [3.8, 4) is 11.3 Å². The van der Waals surface area contributed by atoms with E-state index in [1.54, 1.807) is 17.4 Å². The third-order valence-electron chi connectivity index (χ3n) is 4.61. The predicted octanol–water partition coefficient (Wildman–Crippen LogP) is 4.37. The van der Waals surface area contributed by atoms with Crippen LogP contribution in [0.15, 0.2) is 53.9 Å². The van der Waals surface area contributed by atoms with E-state index < -0.39 is 0 Å². The maximum Gasteiger partial charge on any atom is 0.246 e. The number of thiophene rings is 1. The van der Waals surface area contributed by atoms with E-state index in [1.165, 1.54) is 5.56 Å². The first kappa shape index (κ1) is 16.8. The monoisotopic (exact) mass is 363 g/mol. The lowest BCUT2D eigenvalue weighted by molar-refractivity contribution is -0.126. The summed E-state index contributed by atoms with van der Waals surface area (Å²) in [4.78, 5) is 15.6. The van der Waals surface area contributed by atoms with Gasteiger partial charge in [0.05, 0.1) is 17.9 Å². The van der Waals surface area contributed by atoms with Crippen molar-refractivity contribution >= 4 is 23.3 Å². The zero-order chi connectivity index (χ0) is 17.9. The summed E-state index contributed by atoms with van der Waals surface area (Å²) in [5.41, 5.74) is 4.43. The molecule has 2 aromatic heterocycles. The Kier molecular flexibility index (Phi) is 4.71. The molecule has 26 heavy (non-hydrogen) atoms. The molecular weight excluding hydrogens is 342 g/mol. The number of aryl methyl sites for hydroxylation is 2. The van der Waals surface area contributed by atoms with Gasteiger partial charge in [-0.15, -0.1) is 11.3 Å². The largest absolute Gasteiger partial charge is 0.333 e. The van der Waals surface area contributed by atoms with Crippen molar-refractivity contribution in [2.75, 3.05) is 6.54 Å². The van der Waals surface area contributed by atoms with E-state index in [1.807, 2.05) is 33.2 Å². The molecule has 0 saturated heterocycles. The van der Waals surface area contributed by atoms with Gasteiger partial charge in [0.1, 0.15) is 0 Å². The van der Waals surface area contributed by atoms with Crippen molar-refractivity contribution in [2.24, 2.45) is 0 Å². The third kappa shape index (κ3) is 3.63. The highest BCUT2D eigenvalue weighted by atomic mass is 32.1. The van der Waals surface area contributed by atoms with Gasteiger partial charge in [-0.3, -0.25) is 9.48 Å². The molecule has 0 radical (unpaired) electrons. The molecule has 1 aliphatic rings. The van der Waals surface area contributed by atoms with Crippen LogP contribution in [0, 0.1) is 6.92 Å². The number of benzene rings is 1. The standard InChI is InChI=1S/C21H21N3OS/c1-16-5-7-17(8-6-16)20-14-18-15-23(11-3-12-24(18)22-20)21(25)10-9-19-4-2-13-26-19/h2,4-10,13-14H,3,11-12,15H2,1H3. The number of aromatic nitrogens is 2. The van der Waals surface area contributed by atoms with E-state index in [0.717, 1.165) is 41.3 Å². The molecule has 0 atom stereocenters. The zero-order valence-corrected chi connectivity index (χ0v) is 15.6. The van der Waals surface area contributed by atoms with Gasteiger partial charge in [0.25, 0.3) is 0 Å². The molecule has 0 spiro atoms. The minimum atomic E-state index is 0.0601. The number of hydrogen-bond acceptors (Lipinski definition) is 3. The van der Waals surface area contributed by atoms with Crippen LogP contribution in [-0.4, -0.2) is 27.1 Å². The Morgan fingerprint density at radius 2 is 2.04 bits per heavy atom. The molecule has 4 rings (SSSR count). The van der Waals surface area contributed by atoms with Crippen LogP contribution in [0.25, 0.3) is 17.3 Å². The maximum absolute atomic E-state index is 12.6. The molecule has 0 aliphatic carbocycles. The average molecular weight is 363 g/mol. The summed E-state index contributed by atoms with van der Waals surface area (Å²) in [6.07, 6.45) is 4.49. The lowest BCUT2D eigenvalue weighted by Gasteiger charge is -2.17. The van der Waals surface area contributed by atoms with E-state index in [2.05, 4.69) is 37.3 Å². The molecule has 0 bridgehead atoms. The Hall–Kier alpha value is -2.66. The summed E-state index contributed by atoms with van der Waals surface area (Å²) < 4.78 is 2.05. The van der Waals surface area contributed by atoms with E-state index in [4.69, 9.17) is 5.10 Å². The second-order valence-corrected chi connectivity index (χ2v) is 7.55. The van der Waals surface area contributed by atoms with Crippen molar-refractivity contribution in [1.29, 1.82) is 0 Å². The van der Waals surface area contributed by atoms with Crippen molar-refractivity contribution in [2.45, 2.75) is 26.4 Å². The second-order valence-electron chi connectivity index (χ2n) is 6.57. The quantitative estimate of drug-likeness (QED) is 0.648. The molecule has 0 fully saturated rings. The van der Waals surface area contributed by atoms with Crippen LogP contribution >= 0.6 is 11.3 Å². The highest BCUT2D eigenvalue weighted by Gasteiger charge is 2.19. The van der Waals surface area contributed by atoms with Gasteiger partial charge in [-0.05, 0) is 36.9 Å². The first-order valence-corrected chi connectivity index (χ1v) is 9.71. The van der Waals surface area contributed by atoms with Crippen molar-refractivity contribution in [3.63, 3.8) is 0 Å². The van der Waals surface area contributed by atoms with E-state index in [9.17, 15) is 4.79 Å². The third-order valence-corrected chi connectivity index (χ3v) is 5.44. The normalized spacial score (nSPS) is 14.4. The summed E-state index contributed by atoms with van der Waals surface area (Å²) in [5, 5.41) is 6.77. The van der Waals surface area contributed by atoms with Gasteiger partial charge >= 0.3 is 0 Å². The first-order valence-electron chi connectivity index (χ1n) is 8.83. The Labute approximate surface area is 157 Å². The summed E-state index contributed by atoms with van der Waals surface area (Å²) >= 11 is 1.63. The molecule has 1 amide bonds. The van der Waals surface area contributed by atoms with E-state index in [-0.39, 0.29) is 5.91 Å². The van der Waals surface area contributed by atoms with Gasteiger partial charge in [0.15, 0.2) is 0 Å². The van der Waals surface area contributed by atoms with Crippen LogP contribution in [0.2, 0.25) is 0 Å². The molecule has 1 aliphatic heterocycles. The van der Waals surface area contributed by atoms with Gasteiger partial charge in [0, 0.05) is 29.6 Å². The van der Waals surface area contributed by atoms with Crippen LogP contribution in [-0.2, 0) is 17.9 Å². The molecule has 0 unspecified atom stereocenters. The summed E-state index contributed by atoms with van der Waals surface area (Å²) in [7, 11) is 0. The minimum Gasteiger partial charge on any atom is -0.333 e. The summed E-state index contributed by atoms with van der Waals surface area (Å²) in [5.74, 6) is 0.0601. The van der Waals surface area contributed by atoms with E-state index in [0.29, 0.717) is 6.54 Å². The molecular formula is C21H21N3OS. The molecule has 4 nitrogen and oxygen atoms in total. The number of carbonyl (C=O) groups is 1. The van der Waals surface area contributed by atoms with Crippen LogP contribution in [0.3, 0.4) is 0 Å². The molecule has 0 saturated carbocycles. The number of rotatable bonds is 3. The fourth-order valence-corrected chi connectivity index (χ4v) is 3.78. The average Bonchev–Trinajstić information content (AvgIpc) is 3.26. The lowest BCUT2D eigenvalue weighted by atomic mass is 10.1. The van der Waals surface area contributed by atoms with Gasteiger partial charge in [0.2, 0.25) is 5.91 Å². The number of amides is 1. The van der Waals surface area contributed by atoms with Gasteiger partial charge in [-0.1, -0.05) is 35.9 Å². The highest BCUT2D eigenvalue weighted by Crippen LogP contribution is 2.23. The number of nitrogens with zero attached hydrogens (tertiary/aromatic N) is 3. The van der Waals surface area contributed by atoms with Crippen molar-refractivity contribution in [1.82, 2.24) is 14.7 Å². The Morgan fingerprint density at radius 1 is 1.19 bits per heavy atom. The van der Waals surface area contributed by atoms with E-state index >= 15 is 0 Å². The van der Waals surface area contributed by atoms with Gasteiger partial charge in [-0.25, -0.2) is 0 Å². The van der Waals surface area contributed by atoms with Gasteiger partial charge < -0.3 is 4.90 Å². The molecule has 3 aromatic rings. The number of carbonyl (C=O) groups excluding carboxylic acids is 1. The topological polar surface area (TPSA) is 38.1 Å². The Balaban J connectivity index is 1.52. The molecule has 5 heteroatoms. The molecule has 1 aromatic carbocycles. The maximum atomic E-state index is 12.6. The molecule has 3 heterocycles. The summed E-state index contributed by atoms with van der Waals surface area (Å²) in [6.45, 7) is 4.29. The second kappa shape index (κ2) is 7.30. The number of hydrogen-bond donors (Lipinski definition) is 0. The zero-order valence-electron chi connectivity index (χ0n) is 14.8. The van der Waals surface area contributed by atoms with Crippen LogP contribution in [0.5, 0.6) is 0 Å².